The molecule has 0 spiro atoms. The third-order valence-corrected chi connectivity index (χ3v) is 4.75. The molecular weight excluding hydrogens is 320 g/mol. The van der Waals surface area contributed by atoms with Crippen LogP contribution in [0.25, 0.3) is 0 Å². The summed E-state index contributed by atoms with van der Waals surface area (Å²) in [5.74, 6) is -0.335. The normalized spacial score (nSPS) is 13.4. The van der Waals surface area contributed by atoms with E-state index in [1.165, 1.54) is 0 Å². The van der Waals surface area contributed by atoms with Crippen LogP contribution in [0.5, 0.6) is 0 Å². The zero-order chi connectivity index (χ0) is 17.1. The highest BCUT2D eigenvalue weighted by Crippen LogP contribution is 2.23. The standard InChI is InChI=1S/C19H20N2O2S/c1-12-7-10-14(24-2)11-16(12)19(23)21-17-6-4-3-5-15(17)18(22)20-13-8-9-13/h3-7,10-11,13H,8-9H2,1-2H3,(H,20,22)(H,21,23). The molecule has 5 heteroatoms. The molecule has 1 aliphatic rings. The number of thioether (sulfide) groups is 1. The Balaban J connectivity index is 1.83. The Morgan fingerprint density at radius 3 is 2.50 bits per heavy atom. The van der Waals surface area contributed by atoms with Gasteiger partial charge in [0.1, 0.15) is 0 Å². The third kappa shape index (κ3) is 3.79. The fourth-order valence-corrected chi connectivity index (χ4v) is 2.88. The molecule has 0 atom stereocenters. The van der Waals surface area contributed by atoms with Gasteiger partial charge in [0.15, 0.2) is 0 Å². The second-order valence-electron chi connectivity index (χ2n) is 5.93. The molecule has 1 fully saturated rings. The van der Waals surface area contributed by atoms with Crippen molar-refractivity contribution in [2.24, 2.45) is 0 Å². The second-order valence-corrected chi connectivity index (χ2v) is 6.81. The maximum Gasteiger partial charge on any atom is 0.255 e. The lowest BCUT2D eigenvalue weighted by atomic mass is 10.1. The number of para-hydroxylation sites is 1. The minimum Gasteiger partial charge on any atom is -0.349 e. The lowest BCUT2D eigenvalue weighted by molar-refractivity contribution is 0.0952. The molecular formula is C19H20N2O2S. The van der Waals surface area contributed by atoms with Crippen LogP contribution in [-0.2, 0) is 0 Å². The van der Waals surface area contributed by atoms with Crippen molar-refractivity contribution in [3.05, 3.63) is 59.2 Å². The lowest BCUT2D eigenvalue weighted by Crippen LogP contribution is -2.27. The van der Waals surface area contributed by atoms with Gasteiger partial charge in [0.05, 0.1) is 11.3 Å². The quantitative estimate of drug-likeness (QED) is 0.813. The summed E-state index contributed by atoms with van der Waals surface area (Å²) < 4.78 is 0. The van der Waals surface area contributed by atoms with Gasteiger partial charge in [0.25, 0.3) is 11.8 Å². The molecule has 2 aromatic carbocycles. The van der Waals surface area contributed by atoms with E-state index in [2.05, 4.69) is 10.6 Å². The van der Waals surface area contributed by atoms with Crippen LogP contribution in [-0.4, -0.2) is 24.1 Å². The summed E-state index contributed by atoms with van der Waals surface area (Å²) >= 11 is 1.59. The summed E-state index contributed by atoms with van der Waals surface area (Å²) in [6.07, 6.45) is 4.03. The molecule has 4 nitrogen and oxygen atoms in total. The van der Waals surface area contributed by atoms with Crippen LogP contribution in [0.1, 0.15) is 39.1 Å². The van der Waals surface area contributed by atoms with Crippen LogP contribution >= 0.6 is 11.8 Å². The molecule has 0 unspecified atom stereocenters. The average molecular weight is 340 g/mol. The predicted octanol–water partition coefficient (Wildman–Crippen LogP) is 3.86. The summed E-state index contributed by atoms with van der Waals surface area (Å²) in [6.45, 7) is 1.91. The molecule has 0 aliphatic heterocycles. The van der Waals surface area contributed by atoms with Gasteiger partial charge in [-0.15, -0.1) is 11.8 Å². The van der Waals surface area contributed by atoms with E-state index in [0.717, 1.165) is 23.3 Å². The fourth-order valence-electron chi connectivity index (χ4n) is 2.44. The van der Waals surface area contributed by atoms with Gasteiger partial charge in [-0.25, -0.2) is 0 Å². The number of benzene rings is 2. The second kappa shape index (κ2) is 7.09. The zero-order valence-electron chi connectivity index (χ0n) is 13.8. The van der Waals surface area contributed by atoms with Crippen LogP contribution in [0.4, 0.5) is 5.69 Å². The van der Waals surface area contributed by atoms with Crippen LogP contribution in [0.15, 0.2) is 47.4 Å². The third-order valence-electron chi connectivity index (χ3n) is 4.02. The Bertz CT molecular complexity index is 785. The van der Waals surface area contributed by atoms with Crippen molar-refractivity contribution in [2.45, 2.75) is 30.7 Å². The van der Waals surface area contributed by atoms with Gasteiger partial charge in [-0.05, 0) is 55.9 Å². The number of nitrogens with one attached hydrogen (secondary N) is 2. The molecule has 3 rings (SSSR count). The monoisotopic (exact) mass is 340 g/mol. The number of rotatable bonds is 5. The van der Waals surface area contributed by atoms with E-state index in [1.807, 2.05) is 37.4 Å². The van der Waals surface area contributed by atoms with E-state index in [1.54, 1.807) is 30.0 Å². The Morgan fingerprint density at radius 2 is 1.79 bits per heavy atom. The summed E-state index contributed by atoms with van der Waals surface area (Å²) in [5.41, 5.74) is 2.57. The predicted molar refractivity (Wildman–Crippen MR) is 97.8 cm³/mol. The molecule has 2 amide bonds. The average Bonchev–Trinajstić information content (AvgIpc) is 3.39. The van der Waals surface area contributed by atoms with E-state index in [0.29, 0.717) is 16.8 Å². The highest BCUT2D eigenvalue weighted by molar-refractivity contribution is 7.98. The highest BCUT2D eigenvalue weighted by Gasteiger charge is 2.25. The molecule has 0 bridgehead atoms. The molecule has 1 saturated carbocycles. The van der Waals surface area contributed by atoms with Gasteiger partial charge >= 0.3 is 0 Å². The van der Waals surface area contributed by atoms with E-state index in [9.17, 15) is 9.59 Å². The van der Waals surface area contributed by atoms with Crippen LogP contribution in [0, 0.1) is 6.92 Å². The number of anilines is 1. The Kier molecular flexibility index (Phi) is 4.90. The van der Waals surface area contributed by atoms with Crippen molar-refractivity contribution < 1.29 is 9.59 Å². The summed E-state index contributed by atoms with van der Waals surface area (Å²) in [6, 6.07) is 13.2. The van der Waals surface area contributed by atoms with Crippen molar-refractivity contribution in [3.63, 3.8) is 0 Å². The first-order valence-corrected chi connectivity index (χ1v) is 9.17. The van der Waals surface area contributed by atoms with Crippen LogP contribution < -0.4 is 10.6 Å². The number of carbonyl (C=O) groups is 2. The molecule has 2 N–H and O–H groups in total. The van der Waals surface area contributed by atoms with Gasteiger partial charge in [-0.3, -0.25) is 9.59 Å². The van der Waals surface area contributed by atoms with Gasteiger partial charge in [-0.1, -0.05) is 18.2 Å². The SMILES string of the molecule is CSc1ccc(C)c(C(=O)Nc2ccccc2C(=O)NC2CC2)c1. The summed E-state index contributed by atoms with van der Waals surface area (Å²) in [7, 11) is 0. The van der Waals surface area contributed by atoms with Crippen molar-refractivity contribution in [1.82, 2.24) is 5.32 Å². The first-order valence-electron chi connectivity index (χ1n) is 7.94. The topological polar surface area (TPSA) is 58.2 Å². The molecule has 124 valence electrons. The van der Waals surface area contributed by atoms with Gasteiger partial charge < -0.3 is 10.6 Å². The summed E-state index contributed by atoms with van der Waals surface area (Å²) in [4.78, 5) is 26.0. The Morgan fingerprint density at radius 1 is 1.04 bits per heavy atom. The molecule has 2 aromatic rings. The smallest absolute Gasteiger partial charge is 0.255 e. The minimum atomic E-state index is -0.199. The van der Waals surface area contributed by atoms with Crippen molar-refractivity contribution in [1.29, 1.82) is 0 Å². The Labute approximate surface area is 146 Å². The van der Waals surface area contributed by atoms with E-state index in [4.69, 9.17) is 0 Å². The molecule has 0 radical (unpaired) electrons. The maximum atomic E-state index is 12.7. The van der Waals surface area contributed by atoms with Crippen LogP contribution in [0.2, 0.25) is 0 Å². The number of carbonyl (C=O) groups excluding carboxylic acids is 2. The molecule has 24 heavy (non-hydrogen) atoms. The largest absolute Gasteiger partial charge is 0.349 e. The van der Waals surface area contributed by atoms with Crippen molar-refractivity contribution in [2.75, 3.05) is 11.6 Å². The molecule has 0 saturated heterocycles. The van der Waals surface area contributed by atoms with Crippen molar-refractivity contribution >= 4 is 29.3 Å². The number of amides is 2. The van der Waals surface area contributed by atoms with E-state index >= 15 is 0 Å². The first kappa shape index (κ1) is 16.6. The van der Waals surface area contributed by atoms with Gasteiger partial charge in [0.2, 0.25) is 0 Å². The van der Waals surface area contributed by atoms with Crippen LogP contribution in [0.3, 0.4) is 0 Å². The van der Waals surface area contributed by atoms with Gasteiger partial charge in [-0.2, -0.15) is 0 Å². The van der Waals surface area contributed by atoms with E-state index < -0.39 is 0 Å². The van der Waals surface area contributed by atoms with Crippen molar-refractivity contribution in [3.8, 4) is 0 Å². The number of aryl methyl sites for hydroxylation is 1. The van der Waals surface area contributed by atoms with E-state index in [-0.39, 0.29) is 17.9 Å². The number of hydrogen-bond donors (Lipinski definition) is 2. The number of hydrogen-bond acceptors (Lipinski definition) is 3. The fraction of sp³-hybridized carbons (Fsp3) is 0.263. The van der Waals surface area contributed by atoms with Gasteiger partial charge in [0, 0.05) is 16.5 Å². The summed E-state index contributed by atoms with van der Waals surface area (Å²) in [5, 5.41) is 5.84. The maximum absolute atomic E-state index is 12.7. The molecule has 0 heterocycles. The Hall–Kier alpha value is -2.27. The minimum absolute atomic E-state index is 0.136. The highest BCUT2D eigenvalue weighted by atomic mass is 32.2. The lowest BCUT2D eigenvalue weighted by Gasteiger charge is -2.13. The zero-order valence-corrected chi connectivity index (χ0v) is 14.6. The molecule has 1 aliphatic carbocycles. The molecule has 0 aromatic heterocycles. The first-order chi connectivity index (χ1) is 11.6.